The fourth-order valence-corrected chi connectivity index (χ4v) is 2.45. The first-order valence-corrected chi connectivity index (χ1v) is 6.08. The summed E-state index contributed by atoms with van der Waals surface area (Å²) in [6.45, 7) is 0.974. The van der Waals surface area contributed by atoms with Crippen LogP contribution in [-0.4, -0.2) is 26.8 Å². The number of nitrogens with one attached hydrogen (secondary N) is 1. The lowest BCUT2D eigenvalue weighted by Crippen LogP contribution is -2.49. The van der Waals surface area contributed by atoms with Gasteiger partial charge in [-0.2, -0.15) is 0 Å². The van der Waals surface area contributed by atoms with Crippen LogP contribution < -0.4 is 5.32 Å². The van der Waals surface area contributed by atoms with Crippen molar-refractivity contribution in [2.24, 2.45) is 7.05 Å². The Morgan fingerprint density at radius 2 is 2.19 bits per heavy atom. The number of aliphatic hydroxyl groups is 1. The second-order valence-electron chi connectivity index (χ2n) is 4.81. The van der Waals surface area contributed by atoms with E-state index in [2.05, 4.69) is 10.3 Å². The van der Waals surface area contributed by atoms with E-state index < -0.39 is 0 Å². The van der Waals surface area contributed by atoms with Gasteiger partial charge in [-0.1, -0.05) is 19.3 Å². The van der Waals surface area contributed by atoms with Gasteiger partial charge in [-0.15, -0.1) is 0 Å². The summed E-state index contributed by atoms with van der Waals surface area (Å²) in [5.41, 5.74) is -0.0653. The van der Waals surface area contributed by atoms with Gasteiger partial charge in [0.15, 0.2) is 0 Å². The van der Waals surface area contributed by atoms with Crippen molar-refractivity contribution in [2.45, 2.75) is 44.2 Å². The molecule has 0 amide bonds. The van der Waals surface area contributed by atoms with E-state index in [1.54, 1.807) is 0 Å². The number of aryl methyl sites for hydroxylation is 1. The van der Waals surface area contributed by atoms with Gasteiger partial charge in [-0.25, -0.2) is 4.98 Å². The van der Waals surface area contributed by atoms with Crippen LogP contribution in [0, 0.1) is 0 Å². The van der Waals surface area contributed by atoms with Crippen LogP contribution in [0.25, 0.3) is 0 Å². The number of imidazole rings is 1. The van der Waals surface area contributed by atoms with E-state index in [1.807, 2.05) is 24.0 Å². The summed E-state index contributed by atoms with van der Waals surface area (Å²) in [6.07, 6.45) is 9.64. The normalized spacial score (nSPS) is 19.9. The molecule has 0 bridgehead atoms. The molecular formula is C12H21N3O. The third kappa shape index (κ3) is 2.44. The van der Waals surface area contributed by atoms with Gasteiger partial charge in [0.1, 0.15) is 5.82 Å². The maximum atomic E-state index is 9.55. The third-order valence-electron chi connectivity index (χ3n) is 3.66. The first-order chi connectivity index (χ1) is 7.76. The highest BCUT2D eigenvalue weighted by atomic mass is 16.3. The van der Waals surface area contributed by atoms with Gasteiger partial charge >= 0.3 is 0 Å². The van der Waals surface area contributed by atoms with Crippen LogP contribution in [0.5, 0.6) is 0 Å². The summed E-state index contributed by atoms with van der Waals surface area (Å²) in [4.78, 5) is 4.28. The average Bonchev–Trinajstić information content (AvgIpc) is 2.74. The molecule has 0 aliphatic heterocycles. The molecule has 4 nitrogen and oxygen atoms in total. The molecule has 1 aromatic rings. The zero-order valence-corrected chi connectivity index (χ0v) is 9.95. The Kier molecular flexibility index (Phi) is 3.61. The molecule has 2 rings (SSSR count). The minimum absolute atomic E-state index is 0.0653. The van der Waals surface area contributed by atoms with Crippen molar-refractivity contribution < 1.29 is 5.11 Å². The van der Waals surface area contributed by atoms with E-state index in [4.69, 9.17) is 0 Å². The Morgan fingerprint density at radius 3 is 2.75 bits per heavy atom. The predicted molar refractivity (Wildman–Crippen MR) is 62.9 cm³/mol. The highest BCUT2D eigenvalue weighted by Gasteiger charge is 2.30. The van der Waals surface area contributed by atoms with Crippen LogP contribution in [0.1, 0.15) is 37.9 Å². The maximum Gasteiger partial charge on any atom is 0.122 e. The van der Waals surface area contributed by atoms with Crippen molar-refractivity contribution >= 4 is 0 Å². The number of nitrogens with zero attached hydrogens (tertiary/aromatic N) is 2. The molecule has 90 valence electrons. The molecule has 0 atom stereocenters. The van der Waals surface area contributed by atoms with Gasteiger partial charge in [0.05, 0.1) is 13.2 Å². The van der Waals surface area contributed by atoms with Gasteiger partial charge < -0.3 is 15.0 Å². The van der Waals surface area contributed by atoms with Gasteiger partial charge in [0, 0.05) is 25.0 Å². The number of aliphatic hydroxyl groups excluding tert-OH is 1. The Morgan fingerprint density at radius 1 is 1.44 bits per heavy atom. The second-order valence-corrected chi connectivity index (χ2v) is 4.81. The number of aromatic nitrogens is 2. The largest absolute Gasteiger partial charge is 0.394 e. The zero-order chi connectivity index (χ0) is 11.4. The van der Waals surface area contributed by atoms with Crippen LogP contribution in [0.2, 0.25) is 0 Å². The molecule has 0 saturated heterocycles. The van der Waals surface area contributed by atoms with Crippen LogP contribution in [0.4, 0.5) is 0 Å². The van der Waals surface area contributed by atoms with Crippen molar-refractivity contribution in [3.8, 4) is 0 Å². The quantitative estimate of drug-likeness (QED) is 0.806. The summed E-state index contributed by atoms with van der Waals surface area (Å²) in [7, 11) is 2.00. The Bertz CT molecular complexity index is 329. The number of hydrogen-bond donors (Lipinski definition) is 2. The topological polar surface area (TPSA) is 50.1 Å². The minimum Gasteiger partial charge on any atom is -0.394 e. The molecule has 1 aromatic heterocycles. The zero-order valence-electron chi connectivity index (χ0n) is 9.95. The van der Waals surface area contributed by atoms with Crippen molar-refractivity contribution in [2.75, 3.05) is 6.61 Å². The van der Waals surface area contributed by atoms with E-state index >= 15 is 0 Å². The van der Waals surface area contributed by atoms with E-state index in [-0.39, 0.29) is 12.1 Å². The molecular weight excluding hydrogens is 202 g/mol. The summed E-state index contributed by atoms with van der Waals surface area (Å²) in [5.74, 6) is 1.03. The molecule has 1 aliphatic carbocycles. The van der Waals surface area contributed by atoms with E-state index in [1.165, 1.54) is 19.3 Å². The highest BCUT2D eigenvalue weighted by Crippen LogP contribution is 2.27. The first-order valence-electron chi connectivity index (χ1n) is 6.08. The first kappa shape index (κ1) is 11.6. The fourth-order valence-electron chi connectivity index (χ4n) is 2.45. The van der Waals surface area contributed by atoms with Crippen molar-refractivity contribution in [3.63, 3.8) is 0 Å². The van der Waals surface area contributed by atoms with Crippen LogP contribution >= 0.6 is 0 Å². The van der Waals surface area contributed by atoms with Gasteiger partial charge in [-0.05, 0) is 12.8 Å². The van der Waals surface area contributed by atoms with Crippen molar-refractivity contribution in [1.82, 2.24) is 14.9 Å². The smallest absolute Gasteiger partial charge is 0.122 e. The lowest BCUT2D eigenvalue weighted by atomic mass is 9.82. The summed E-state index contributed by atoms with van der Waals surface area (Å²) < 4.78 is 2.01. The second kappa shape index (κ2) is 4.97. The van der Waals surface area contributed by atoms with Crippen molar-refractivity contribution in [3.05, 3.63) is 18.2 Å². The monoisotopic (exact) mass is 223 g/mol. The van der Waals surface area contributed by atoms with Crippen LogP contribution in [0.15, 0.2) is 12.4 Å². The summed E-state index contributed by atoms with van der Waals surface area (Å²) >= 11 is 0. The van der Waals surface area contributed by atoms with Gasteiger partial charge in [0.2, 0.25) is 0 Å². The highest BCUT2D eigenvalue weighted by molar-refractivity contribution is 4.96. The average molecular weight is 223 g/mol. The number of hydrogen-bond acceptors (Lipinski definition) is 3. The van der Waals surface area contributed by atoms with Crippen LogP contribution in [-0.2, 0) is 13.6 Å². The molecule has 0 spiro atoms. The van der Waals surface area contributed by atoms with E-state index in [0.29, 0.717) is 0 Å². The molecule has 1 saturated carbocycles. The summed E-state index contributed by atoms with van der Waals surface area (Å²) in [6, 6.07) is 0. The molecule has 1 aliphatic rings. The van der Waals surface area contributed by atoms with E-state index in [9.17, 15) is 5.11 Å². The standard InChI is InChI=1S/C12H21N3O/c1-15-8-7-13-11(15)9-14-12(10-16)5-3-2-4-6-12/h7-8,14,16H,2-6,9-10H2,1H3. The molecule has 0 radical (unpaired) electrons. The Labute approximate surface area is 96.7 Å². The predicted octanol–water partition coefficient (Wildman–Crippen LogP) is 1.20. The van der Waals surface area contributed by atoms with Crippen molar-refractivity contribution in [1.29, 1.82) is 0 Å². The minimum atomic E-state index is -0.0653. The lowest BCUT2D eigenvalue weighted by Gasteiger charge is -2.36. The SMILES string of the molecule is Cn1ccnc1CNC1(CO)CCCCC1. The van der Waals surface area contributed by atoms with Crippen LogP contribution in [0.3, 0.4) is 0 Å². The molecule has 4 heteroatoms. The molecule has 1 fully saturated rings. The van der Waals surface area contributed by atoms with Gasteiger partial charge in [-0.3, -0.25) is 0 Å². The Balaban J connectivity index is 1.94. The number of rotatable bonds is 4. The summed E-state index contributed by atoms with van der Waals surface area (Å²) in [5, 5.41) is 13.0. The Hall–Kier alpha value is -0.870. The third-order valence-corrected chi connectivity index (χ3v) is 3.66. The molecule has 0 aromatic carbocycles. The van der Waals surface area contributed by atoms with E-state index in [0.717, 1.165) is 25.2 Å². The maximum absolute atomic E-state index is 9.55. The lowest BCUT2D eigenvalue weighted by molar-refractivity contribution is 0.118. The molecule has 0 unspecified atom stereocenters. The molecule has 1 heterocycles. The molecule has 2 N–H and O–H groups in total. The van der Waals surface area contributed by atoms with Gasteiger partial charge in [0.25, 0.3) is 0 Å². The molecule has 16 heavy (non-hydrogen) atoms. The fraction of sp³-hybridized carbons (Fsp3) is 0.750.